The molecule has 0 bridgehead atoms. The molecule has 1 unspecified atom stereocenters. The zero-order valence-electron chi connectivity index (χ0n) is 21.1. The van der Waals surface area contributed by atoms with E-state index in [2.05, 4.69) is 39.2 Å². The lowest BCUT2D eigenvalue weighted by Gasteiger charge is -2.39. The lowest BCUT2D eigenvalue weighted by Crippen LogP contribution is -2.47. The number of carbonyl (C=O) groups is 2. The van der Waals surface area contributed by atoms with Gasteiger partial charge in [-0.05, 0) is 31.0 Å². The Morgan fingerprint density at radius 2 is 1.76 bits per heavy atom. The van der Waals surface area contributed by atoms with Gasteiger partial charge in [0.25, 0.3) is 0 Å². The smallest absolute Gasteiger partial charge is 0.306 e. The molecule has 2 saturated heterocycles. The lowest BCUT2D eigenvalue weighted by molar-refractivity contribution is -0.160. The van der Waals surface area contributed by atoms with Crippen molar-refractivity contribution in [3.63, 3.8) is 0 Å². The molecule has 2 heterocycles. The van der Waals surface area contributed by atoms with Crippen molar-refractivity contribution in [3.05, 3.63) is 0 Å². The summed E-state index contributed by atoms with van der Waals surface area (Å²) in [5.41, 5.74) is 0. The number of rotatable bonds is 10. The molecule has 8 nitrogen and oxygen atoms in total. The van der Waals surface area contributed by atoms with Gasteiger partial charge in [-0.25, -0.2) is 0 Å². The molecular weight excluding hydrogens is 440 g/mol. The fourth-order valence-electron chi connectivity index (χ4n) is 3.75. The van der Waals surface area contributed by atoms with Crippen LogP contribution in [-0.2, 0) is 33.0 Å². The zero-order valence-corrected chi connectivity index (χ0v) is 22.1. The molecule has 2 aliphatic rings. The number of hydrogen-bond acceptors (Lipinski definition) is 7. The molecule has 0 aromatic rings. The Morgan fingerprint density at radius 1 is 1.09 bits per heavy atom. The first-order chi connectivity index (χ1) is 15.3. The van der Waals surface area contributed by atoms with E-state index in [4.69, 9.17) is 39.1 Å². The molecule has 33 heavy (non-hydrogen) atoms. The van der Waals surface area contributed by atoms with Crippen LogP contribution in [-0.4, -0.2) is 92.1 Å². The molecule has 0 aliphatic carbocycles. The van der Waals surface area contributed by atoms with Crippen LogP contribution < -0.4 is 5.32 Å². The predicted molar refractivity (Wildman–Crippen MR) is 129 cm³/mol. The van der Waals surface area contributed by atoms with Crippen molar-refractivity contribution >= 4 is 35.9 Å². The standard InChI is InChI=1S/C22H39B2NO7Si/c1-8-13-19(31-18(27)10-9-17(26)25-5)20(21(24)30-13)28-12-15-14(11-16(23)29-15)32-33(6,7)22(2,3)4/h13-16,19-21H,8-12H2,1-7H3,(H,25,26)/t13-,14-,15-,16-,19+,20?,21-/m1/s1. The van der Waals surface area contributed by atoms with Gasteiger partial charge in [-0.1, -0.05) is 27.7 Å². The Balaban J connectivity index is 2.02. The summed E-state index contributed by atoms with van der Waals surface area (Å²) in [4.78, 5) is 23.8. The minimum Gasteiger partial charge on any atom is -0.457 e. The number of ether oxygens (including phenoxy) is 4. The first-order valence-electron chi connectivity index (χ1n) is 11.8. The summed E-state index contributed by atoms with van der Waals surface area (Å²) in [6, 6.07) is -1.18. The molecule has 2 aliphatic heterocycles. The molecule has 184 valence electrons. The van der Waals surface area contributed by atoms with Crippen LogP contribution in [0, 0.1) is 0 Å². The van der Waals surface area contributed by atoms with Gasteiger partial charge in [0.05, 0.1) is 25.2 Å². The highest BCUT2D eigenvalue weighted by Crippen LogP contribution is 2.39. The van der Waals surface area contributed by atoms with Crippen molar-refractivity contribution in [2.24, 2.45) is 0 Å². The van der Waals surface area contributed by atoms with E-state index < -0.39 is 38.5 Å². The first kappa shape index (κ1) is 28.4. The van der Waals surface area contributed by atoms with Crippen LogP contribution in [0.4, 0.5) is 0 Å². The third-order valence-electron chi connectivity index (χ3n) is 6.78. The van der Waals surface area contributed by atoms with E-state index in [0.717, 1.165) is 0 Å². The molecule has 7 atom stereocenters. The predicted octanol–water partition coefficient (Wildman–Crippen LogP) is 1.79. The maximum atomic E-state index is 12.3. The molecule has 11 heteroatoms. The number of hydrogen-bond donors (Lipinski definition) is 1. The first-order valence-corrected chi connectivity index (χ1v) is 14.7. The largest absolute Gasteiger partial charge is 0.457 e. The molecule has 0 aromatic carbocycles. The van der Waals surface area contributed by atoms with Crippen LogP contribution in [0.15, 0.2) is 0 Å². The maximum absolute atomic E-state index is 12.3. The summed E-state index contributed by atoms with van der Waals surface area (Å²) < 4.78 is 30.0. The molecule has 2 fully saturated rings. The summed E-state index contributed by atoms with van der Waals surface area (Å²) in [5.74, 6) is -0.722. The Labute approximate surface area is 202 Å². The third kappa shape index (κ3) is 7.55. The van der Waals surface area contributed by atoms with Gasteiger partial charge in [-0.15, -0.1) is 0 Å². The number of carbonyl (C=O) groups excluding carboxylic acids is 2. The second-order valence-electron chi connectivity index (χ2n) is 10.3. The van der Waals surface area contributed by atoms with Gasteiger partial charge in [0.2, 0.25) is 5.91 Å². The van der Waals surface area contributed by atoms with Gasteiger partial charge in [0, 0.05) is 25.5 Å². The van der Waals surface area contributed by atoms with Crippen LogP contribution in [0.1, 0.15) is 53.4 Å². The highest BCUT2D eigenvalue weighted by atomic mass is 28.4. The second kappa shape index (κ2) is 11.7. The van der Waals surface area contributed by atoms with Crippen molar-refractivity contribution in [2.45, 2.75) is 114 Å². The molecule has 4 radical (unpaired) electrons. The average Bonchev–Trinajstić information content (AvgIpc) is 3.21. The van der Waals surface area contributed by atoms with Crippen LogP contribution in [0.2, 0.25) is 18.1 Å². The normalized spacial score (nSPS) is 32.6. The van der Waals surface area contributed by atoms with Crippen LogP contribution in [0.3, 0.4) is 0 Å². The van der Waals surface area contributed by atoms with E-state index in [-0.39, 0.29) is 48.7 Å². The lowest BCUT2D eigenvalue weighted by atomic mass is 9.92. The minimum absolute atomic E-state index is 0.0302. The minimum atomic E-state index is -2.03. The number of esters is 1. The van der Waals surface area contributed by atoms with E-state index in [9.17, 15) is 9.59 Å². The highest BCUT2D eigenvalue weighted by Gasteiger charge is 2.47. The summed E-state index contributed by atoms with van der Waals surface area (Å²) in [5, 5.41) is 2.54. The van der Waals surface area contributed by atoms with E-state index >= 15 is 0 Å². The van der Waals surface area contributed by atoms with Gasteiger partial charge in [-0.3, -0.25) is 9.59 Å². The maximum Gasteiger partial charge on any atom is 0.306 e. The monoisotopic (exact) mass is 479 g/mol. The van der Waals surface area contributed by atoms with E-state index in [1.807, 2.05) is 6.92 Å². The van der Waals surface area contributed by atoms with Crippen molar-refractivity contribution in [3.8, 4) is 0 Å². The molecule has 1 N–H and O–H groups in total. The van der Waals surface area contributed by atoms with E-state index in [1.54, 1.807) is 0 Å². The Kier molecular flexibility index (Phi) is 10.1. The average molecular weight is 479 g/mol. The molecular formula is C22H39B2NO7Si. The Morgan fingerprint density at radius 3 is 2.33 bits per heavy atom. The van der Waals surface area contributed by atoms with Crippen LogP contribution >= 0.6 is 0 Å². The summed E-state index contributed by atoms with van der Waals surface area (Å²) in [7, 11) is 11.7. The van der Waals surface area contributed by atoms with Crippen molar-refractivity contribution in [1.29, 1.82) is 0 Å². The topological polar surface area (TPSA) is 92.3 Å². The van der Waals surface area contributed by atoms with Crippen molar-refractivity contribution in [1.82, 2.24) is 5.32 Å². The molecule has 0 saturated carbocycles. The quantitative estimate of drug-likeness (QED) is 0.378. The third-order valence-corrected chi connectivity index (χ3v) is 11.3. The summed E-state index contributed by atoms with van der Waals surface area (Å²) in [6.45, 7) is 13.0. The number of nitrogens with one attached hydrogen (secondary N) is 1. The van der Waals surface area contributed by atoms with Crippen LogP contribution in [0.25, 0.3) is 0 Å². The SMILES string of the molecule is [B][C@@H]1O[C@H](CC)[C@H](OC(=O)CCC(=O)NC)C1OC[C@H]1O[C@@H]([B])C[C@H]1O[Si](C)(C)C(C)(C)C. The molecule has 1 amide bonds. The Bertz CT molecular complexity index is 676. The zero-order chi connectivity index (χ0) is 25.0. The second-order valence-corrected chi connectivity index (χ2v) is 15.1. The fourth-order valence-corrected chi connectivity index (χ4v) is 5.11. The Hall–Kier alpha value is -0.873. The fraction of sp³-hybridized carbons (Fsp3) is 0.909. The van der Waals surface area contributed by atoms with Gasteiger partial charge < -0.3 is 28.7 Å². The molecule has 0 aromatic heterocycles. The highest BCUT2D eigenvalue weighted by molar-refractivity contribution is 6.74. The molecule has 2 rings (SSSR count). The van der Waals surface area contributed by atoms with E-state index in [1.165, 1.54) is 7.05 Å². The van der Waals surface area contributed by atoms with Gasteiger partial charge in [-0.2, -0.15) is 0 Å². The van der Waals surface area contributed by atoms with Gasteiger partial charge in [0.1, 0.15) is 27.9 Å². The summed E-state index contributed by atoms with van der Waals surface area (Å²) in [6.07, 6.45) is -1.05. The van der Waals surface area contributed by atoms with E-state index in [0.29, 0.717) is 12.8 Å². The van der Waals surface area contributed by atoms with Gasteiger partial charge in [0.15, 0.2) is 14.4 Å². The van der Waals surface area contributed by atoms with Gasteiger partial charge >= 0.3 is 5.97 Å². The van der Waals surface area contributed by atoms with Crippen molar-refractivity contribution < 1.29 is 33.0 Å². The number of amides is 1. The molecule has 0 spiro atoms. The van der Waals surface area contributed by atoms with Crippen LogP contribution in [0.5, 0.6) is 0 Å². The summed E-state index contributed by atoms with van der Waals surface area (Å²) >= 11 is 0. The van der Waals surface area contributed by atoms with Crippen molar-refractivity contribution in [2.75, 3.05) is 13.7 Å².